The predicted molar refractivity (Wildman–Crippen MR) is 86.0 cm³/mol. The van der Waals surface area contributed by atoms with Crippen molar-refractivity contribution >= 4 is 16.9 Å². The highest BCUT2D eigenvalue weighted by molar-refractivity contribution is 5.80. The first kappa shape index (κ1) is 16.8. The predicted octanol–water partition coefficient (Wildman–Crippen LogP) is 1.60. The molecule has 1 unspecified atom stereocenters. The number of carbonyl (C=O) groups is 1. The van der Waals surface area contributed by atoms with Crippen LogP contribution < -0.4 is 16.0 Å². The molecule has 7 heteroatoms. The highest BCUT2D eigenvalue weighted by Crippen LogP contribution is 2.18. The third kappa shape index (κ3) is 3.28. The summed E-state index contributed by atoms with van der Waals surface area (Å²) in [4.78, 5) is 39.7. The fourth-order valence-electron chi connectivity index (χ4n) is 2.50. The zero-order valence-electron chi connectivity index (χ0n) is 13.4. The van der Waals surface area contributed by atoms with Crippen molar-refractivity contribution in [1.82, 2.24) is 9.55 Å². The van der Waals surface area contributed by atoms with E-state index in [2.05, 4.69) is 4.98 Å². The number of esters is 1. The number of hydrogen-bond acceptors (Lipinski definition) is 5. The fraction of sp³-hybridized carbons (Fsp3) is 0.438. The molecule has 0 aliphatic rings. The minimum absolute atomic E-state index is 0.286. The molecule has 1 N–H and O–H groups in total. The van der Waals surface area contributed by atoms with Gasteiger partial charge in [0.25, 0.3) is 5.56 Å². The SMILES string of the molecule is CCCCC(C(=O)OC)n1c(=O)[nH]c2ccc(OC)cc2c1=O. The maximum atomic E-state index is 12.7. The second-order valence-electron chi connectivity index (χ2n) is 5.20. The monoisotopic (exact) mass is 320 g/mol. The summed E-state index contributed by atoms with van der Waals surface area (Å²) < 4.78 is 10.8. The molecule has 0 saturated heterocycles. The number of methoxy groups -OCH3 is 2. The fourth-order valence-corrected chi connectivity index (χ4v) is 2.50. The van der Waals surface area contributed by atoms with Crippen LogP contribution in [0.2, 0.25) is 0 Å². The van der Waals surface area contributed by atoms with Crippen molar-refractivity contribution in [2.75, 3.05) is 14.2 Å². The summed E-state index contributed by atoms with van der Waals surface area (Å²) >= 11 is 0. The molecule has 2 rings (SSSR count). The smallest absolute Gasteiger partial charge is 0.329 e. The van der Waals surface area contributed by atoms with E-state index in [0.717, 1.165) is 11.0 Å². The maximum Gasteiger partial charge on any atom is 0.329 e. The normalized spacial score (nSPS) is 12.1. The lowest BCUT2D eigenvalue weighted by atomic mass is 10.1. The molecule has 0 spiro atoms. The summed E-state index contributed by atoms with van der Waals surface area (Å²) in [5.74, 6) is -0.107. The van der Waals surface area contributed by atoms with Crippen LogP contribution in [0.3, 0.4) is 0 Å². The molecule has 7 nitrogen and oxygen atoms in total. The van der Waals surface area contributed by atoms with E-state index in [-0.39, 0.29) is 5.39 Å². The number of ether oxygens (including phenoxy) is 2. The second-order valence-corrected chi connectivity index (χ2v) is 5.20. The summed E-state index contributed by atoms with van der Waals surface area (Å²) in [6.45, 7) is 1.96. The van der Waals surface area contributed by atoms with Crippen molar-refractivity contribution in [3.63, 3.8) is 0 Å². The first-order chi connectivity index (χ1) is 11.0. The number of hydrogen-bond donors (Lipinski definition) is 1. The highest BCUT2D eigenvalue weighted by atomic mass is 16.5. The number of rotatable bonds is 6. The second kappa shape index (κ2) is 7.13. The molecule has 0 aliphatic carbocycles. The topological polar surface area (TPSA) is 90.4 Å². The van der Waals surface area contributed by atoms with Crippen LogP contribution in [-0.2, 0) is 9.53 Å². The van der Waals surface area contributed by atoms with Crippen LogP contribution >= 0.6 is 0 Å². The van der Waals surface area contributed by atoms with Crippen molar-refractivity contribution in [3.8, 4) is 5.75 Å². The van der Waals surface area contributed by atoms with Gasteiger partial charge in [0.05, 0.1) is 25.1 Å². The van der Waals surface area contributed by atoms with E-state index in [1.807, 2.05) is 6.92 Å². The number of benzene rings is 1. The van der Waals surface area contributed by atoms with Crippen molar-refractivity contribution in [3.05, 3.63) is 39.0 Å². The average molecular weight is 320 g/mol. The van der Waals surface area contributed by atoms with Gasteiger partial charge in [-0.05, 0) is 24.6 Å². The number of aromatic nitrogens is 2. The third-order valence-corrected chi connectivity index (χ3v) is 3.75. The Morgan fingerprint density at radius 2 is 2.04 bits per heavy atom. The van der Waals surface area contributed by atoms with Gasteiger partial charge in [0.1, 0.15) is 11.8 Å². The molecule has 0 saturated carbocycles. The van der Waals surface area contributed by atoms with E-state index < -0.39 is 23.3 Å². The molecule has 0 fully saturated rings. The maximum absolute atomic E-state index is 12.7. The van der Waals surface area contributed by atoms with Gasteiger partial charge in [0.15, 0.2) is 0 Å². The van der Waals surface area contributed by atoms with E-state index in [9.17, 15) is 14.4 Å². The number of fused-ring (bicyclic) bond motifs is 1. The summed E-state index contributed by atoms with van der Waals surface area (Å²) in [7, 11) is 2.73. The largest absolute Gasteiger partial charge is 0.497 e. The van der Waals surface area contributed by atoms with Crippen LogP contribution in [0.4, 0.5) is 0 Å². The molecule has 0 amide bonds. The number of nitrogens with one attached hydrogen (secondary N) is 1. The minimum atomic E-state index is -0.938. The Morgan fingerprint density at radius 3 is 2.65 bits per heavy atom. The molecule has 1 aromatic heterocycles. The Morgan fingerprint density at radius 1 is 1.30 bits per heavy atom. The van der Waals surface area contributed by atoms with E-state index in [0.29, 0.717) is 24.1 Å². The molecule has 23 heavy (non-hydrogen) atoms. The summed E-state index contributed by atoms with van der Waals surface area (Å²) in [5, 5.41) is 0.286. The van der Waals surface area contributed by atoms with Crippen LogP contribution in [-0.4, -0.2) is 29.7 Å². The van der Waals surface area contributed by atoms with Crippen molar-refractivity contribution < 1.29 is 14.3 Å². The Bertz CT molecular complexity index is 821. The molecule has 2 aromatic rings. The third-order valence-electron chi connectivity index (χ3n) is 3.75. The van der Waals surface area contributed by atoms with E-state index in [1.54, 1.807) is 12.1 Å². The van der Waals surface area contributed by atoms with Crippen LogP contribution in [0.1, 0.15) is 32.2 Å². The first-order valence-corrected chi connectivity index (χ1v) is 7.43. The van der Waals surface area contributed by atoms with Gasteiger partial charge in [-0.25, -0.2) is 14.2 Å². The van der Waals surface area contributed by atoms with Gasteiger partial charge in [0.2, 0.25) is 0 Å². The summed E-state index contributed by atoms with van der Waals surface area (Å²) in [6.07, 6.45) is 1.89. The summed E-state index contributed by atoms with van der Waals surface area (Å²) in [5.41, 5.74) is -0.760. The van der Waals surface area contributed by atoms with Crippen LogP contribution in [0, 0.1) is 0 Å². The van der Waals surface area contributed by atoms with E-state index in [4.69, 9.17) is 9.47 Å². The average Bonchev–Trinajstić information content (AvgIpc) is 2.56. The zero-order valence-corrected chi connectivity index (χ0v) is 13.4. The van der Waals surface area contributed by atoms with Gasteiger partial charge in [-0.2, -0.15) is 0 Å². The molecule has 1 heterocycles. The minimum Gasteiger partial charge on any atom is -0.497 e. The van der Waals surface area contributed by atoms with Gasteiger partial charge < -0.3 is 14.5 Å². The van der Waals surface area contributed by atoms with Gasteiger partial charge in [-0.3, -0.25) is 4.79 Å². The first-order valence-electron chi connectivity index (χ1n) is 7.43. The van der Waals surface area contributed by atoms with E-state index >= 15 is 0 Å². The van der Waals surface area contributed by atoms with Crippen LogP contribution in [0.25, 0.3) is 10.9 Å². The lowest BCUT2D eigenvalue weighted by molar-refractivity contribution is -0.145. The molecule has 0 aliphatic heterocycles. The van der Waals surface area contributed by atoms with Crippen molar-refractivity contribution in [1.29, 1.82) is 0 Å². The van der Waals surface area contributed by atoms with Crippen molar-refractivity contribution in [2.45, 2.75) is 32.2 Å². The lowest BCUT2D eigenvalue weighted by Crippen LogP contribution is -2.41. The molecule has 1 aromatic carbocycles. The van der Waals surface area contributed by atoms with E-state index in [1.165, 1.54) is 20.3 Å². The Kier molecular flexibility index (Phi) is 5.20. The number of carbonyl (C=O) groups excluding carboxylic acids is 1. The van der Waals surface area contributed by atoms with Gasteiger partial charge >= 0.3 is 11.7 Å². The number of unbranched alkanes of at least 4 members (excludes halogenated alkanes) is 1. The van der Waals surface area contributed by atoms with Crippen LogP contribution in [0.5, 0.6) is 5.75 Å². The van der Waals surface area contributed by atoms with Gasteiger partial charge in [0, 0.05) is 0 Å². The van der Waals surface area contributed by atoms with Crippen molar-refractivity contribution in [2.24, 2.45) is 0 Å². The van der Waals surface area contributed by atoms with Gasteiger partial charge in [-0.1, -0.05) is 19.8 Å². The molecule has 0 radical (unpaired) electrons. The molecular weight excluding hydrogens is 300 g/mol. The Balaban J connectivity index is 2.68. The number of aromatic amines is 1. The number of H-pyrrole nitrogens is 1. The molecule has 1 atom stereocenters. The zero-order chi connectivity index (χ0) is 17.0. The quantitative estimate of drug-likeness (QED) is 0.817. The standard InChI is InChI=1S/C16H20N2O5/c1-4-5-6-13(15(20)23-3)18-14(19)11-9-10(22-2)7-8-12(11)17-16(18)21/h7-9,13H,4-6H2,1-3H3,(H,17,21). The van der Waals surface area contributed by atoms with Gasteiger partial charge in [-0.15, -0.1) is 0 Å². The molecule has 124 valence electrons. The number of nitrogens with zero attached hydrogens (tertiary/aromatic N) is 1. The highest BCUT2D eigenvalue weighted by Gasteiger charge is 2.25. The Hall–Kier alpha value is -2.57. The summed E-state index contributed by atoms with van der Waals surface area (Å²) in [6, 6.07) is 3.85. The lowest BCUT2D eigenvalue weighted by Gasteiger charge is -2.17. The molecule has 0 bridgehead atoms. The molecular formula is C16H20N2O5. The Labute approximate surface area is 132 Å². The van der Waals surface area contributed by atoms with Crippen LogP contribution in [0.15, 0.2) is 27.8 Å².